The predicted octanol–water partition coefficient (Wildman–Crippen LogP) is 2.38. The van der Waals surface area contributed by atoms with Crippen molar-refractivity contribution in [2.45, 2.75) is 6.92 Å². The maximum atomic E-state index is 12.8. The van der Waals surface area contributed by atoms with Crippen LogP contribution in [0.15, 0.2) is 58.4 Å². The molecule has 154 valence electrons. The highest BCUT2D eigenvalue weighted by Gasteiger charge is 2.26. The van der Waals surface area contributed by atoms with Crippen molar-refractivity contribution in [2.75, 3.05) is 31.1 Å². The Labute approximate surface area is 178 Å². The van der Waals surface area contributed by atoms with Crippen LogP contribution in [-0.2, 0) is 0 Å². The number of hydrogen-bond acceptors (Lipinski definition) is 5. The third-order valence-corrected chi connectivity index (χ3v) is 5.33. The van der Waals surface area contributed by atoms with Gasteiger partial charge in [-0.05, 0) is 36.2 Å². The molecule has 1 aromatic heterocycles. The van der Waals surface area contributed by atoms with E-state index in [0.717, 1.165) is 21.6 Å². The van der Waals surface area contributed by atoms with E-state index in [-0.39, 0.29) is 5.69 Å². The summed E-state index contributed by atoms with van der Waals surface area (Å²) in [6.07, 6.45) is 1.56. The molecule has 0 bridgehead atoms. The number of aromatic amines is 1. The molecule has 3 aromatic rings. The van der Waals surface area contributed by atoms with Crippen molar-refractivity contribution >= 4 is 29.4 Å². The first-order valence-electron chi connectivity index (χ1n) is 9.60. The summed E-state index contributed by atoms with van der Waals surface area (Å²) in [5.74, 6) is -0.396. The van der Waals surface area contributed by atoms with E-state index < -0.39 is 11.5 Å². The lowest BCUT2D eigenvalue weighted by Gasteiger charge is -2.35. The Morgan fingerprint density at radius 1 is 1.13 bits per heavy atom. The molecule has 0 radical (unpaired) electrons. The quantitative estimate of drug-likeness (QED) is 0.651. The molecule has 4 rings (SSSR count). The molecule has 0 atom stereocenters. The number of hydrogen-bond donors (Lipinski definition) is 1. The van der Waals surface area contributed by atoms with Crippen molar-refractivity contribution in [3.05, 3.63) is 80.7 Å². The highest BCUT2D eigenvalue weighted by molar-refractivity contribution is 6.30. The predicted molar refractivity (Wildman–Crippen MR) is 117 cm³/mol. The van der Waals surface area contributed by atoms with Crippen LogP contribution in [0.2, 0.25) is 5.02 Å². The minimum atomic E-state index is -0.567. The minimum absolute atomic E-state index is 0.159. The van der Waals surface area contributed by atoms with E-state index in [1.165, 1.54) is 0 Å². The molecule has 30 heavy (non-hydrogen) atoms. The van der Waals surface area contributed by atoms with Crippen molar-refractivity contribution in [3.8, 4) is 0 Å². The molecule has 1 aliphatic rings. The van der Waals surface area contributed by atoms with Gasteiger partial charge in [0.2, 0.25) is 5.69 Å². The van der Waals surface area contributed by atoms with Gasteiger partial charge < -0.3 is 9.80 Å². The SMILES string of the molecule is Cc1ccccc1C=Nn1[nH]nc(C(=O)N2CCN(c3cccc(Cl)c3)CC2)c1=O. The van der Waals surface area contributed by atoms with Crippen LogP contribution < -0.4 is 10.5 Å². The van der Waals surface area contributed by atoms with Crippen molar-refractivity contribution in [3.63, 3.8) is 0 Å². The van der Waals surface area contributed by atoms with E-state index in [4.69, 9.17) is 11.6 Å². The molecule has 0 aliphatic carbocycles. The first kappa shape index (κ1) is 19.9. The number of benzene rings is 2. The van der Waals surface area contributed by atoms with Crippen LogP contribution in [0, 0.1) is 6.92 Å². The van der Waals surface area contributed by atoms with Gasteiger partial charge in [-0.15, -0.1) is 9.89 Å². The summed E-state index contributed by atoms with van der Waals surface area (Å²) in [5, 5.41) is 11.2. The van der Waals surface area contributed by atoms with Crippen LogP contribution in [0.3, 0.4) is 0 Å². The molecule has 2 aromatic carbocycles. The van der Waals surface area contributed by atoms with E-state index >= 15 is 0 Å². The first-order valence-corrected chi connectivity index (χ1v) is 9.98. The average molecular weight is 425 g/mol. The van der Waals surface area contributed by atoms with Gasteiger partial charge in [-0.25, -0.2) is 0 Å². The summed E-state index contributed by atoms with van der Waals surface area (Å²) in [5.41, 5.74) is 2.20. The third-order valence-electron chi connectivity index (χ3n) is 5.10. The van der Waals surface area contributed by atoms with Gasteiger partial charge in [0.15, 0.2) is 0 Å². The fourth-order valence-electron chi connectivity index (χ4n) is 3.35. The Morgan fingerprint density at radius 2 is 1.90 bits per heavy atom. The number of rotatable bonds is 4. The normalized spacial score (nSPS) is 14.5. The fourth-order valence-corrected chi connectivity index (χ4v) is 3.53. The number of aromatic nitrogens is 3. The van der Waals surface area contributed by atoms with Crippen LogP contribution in [-0.4, -0.2) is 58.3 Å². The second-order valence-electron chi connectivity index (χ2n) is 7.04. The lowest BCUT2D eigenvalue weighted by atomic mass is 10.1. The van der Waals surface area contributed by atoms with Gasteiger partial charge in [0, 0.05) is 36.9 Å². The zero-order valence-corrected chi connectivity index (χ0v) is 17.2. The van der Waals surface area contributed by atoms with E-state index in [9.17, 15) is 9.59 Å². The van der Waals surface area contributed by atoms with Crippen LogP contribution in [0.4, 0.5) is 5.69 Å². The monoisotopic (exact) mass is 424 g/mol. The molecule has 1 amide bonds. The number of carbonyl (C=O) groups is 1. The molecule has 1 N–H and O–H groups in total. The third kappa shape index (κ3) is 4.13. The number of halogens is 1. The van der Waals surface area contributed by atoms with Gasteiger partial charge in [0.05, 0.1) is 6.21 Å². The summed E-state index contributed by atoms with van der Waals surface area (Å²) in [6, 6.07) is 15.3. The Balaban J connectivity index is 1.43. The summed E-state index contributed by atoms with van der Waals surface area (Å²) in [4.78, 5) is 30.1. The number of nitrogens with zero attached hydrogens (tertiary/aromatic N) is 5. The highest BCUT2D eigenvalue weighted by Crippen LogP contribution is 2.21. The lowest BCUT2D eigenvalue weighted by Crippen LogP contribution is -2.49. The minimum Gasteiger partial charge on any atom is -0.368 e. The van der Waals surface area contributed by atoms with Crippen LogP contribution in [0.1, 0.15) is 21.6 Å². The number of H-pyrrole nitrogens is 1. The van der Waals surface area contributed by atoms with E-state index in [2.05, 4.69) is 20.3 Å². The number of carbonyl (C=O) groups excluding carboxylic acids is 1. The van der Waals surface area contributed by atoms with Crippen molar-refractivity contribution in [2.24, 2.45) is 5.10 Å². The number of piperazine rings is 1. The zero-order valence-electron chi connectivity index (χ0n) is 16.5. The van der Waals surface area contributed by atoms with Gasteiger partial charge >= 0.3 is 5.56 Å². The van der Waals surface area contributed by atoms with Gasteiger partial charge in [0.1, 0.15) is 0 Å². The maximum absolute atomic E-state index is 12.8. The molecule has 1 fully saturated rings. The van der Waals surface area contributed by atoms with Gasteiger partial charge in [0.25, 0.3) is 5.91 Å². The van der Waals surface area contributed by atoms with Crippen molar-refractivity contribution < 1.29 is 4.79 Å². The molecular weight excluding hydrogens is 404 g/mol. The molecule has 0 spiro atoms. The zero-order chi connectivity index (χ0) is 21.1. The molecule has 8 nitrogen and oxygen atoms in total. The van der Waals surface area contributed by atoms with Gasteiger partial charge in [-0.2, -0.15) is 10.3 Å². The number of nitrogens with one attached hydrogen (secondary N) is 1. The second-order valence-corrected chi connectivity index (χ2v) is 7.47. The van der Waals surface area contributed by atoms with E-state index in [1.54, 1.807) is 11.1 Å². The topological polar surface area (TPSA) is 86.6 Å². The average Bonchev–Trinajstić information content (AvgIpc) is 3.13. The first-order chi connectivity index (χ1) is 14.5. The molecule has 1 saturated heterocycles. The second kappa shape index (κ2) is 8.54. The van der Waals surface area contributed by atoms with Crippen LogP contribution >= 0.6 is 11.6 Å². The fraction of sp³-hybridized carbons (Fsp3) is 0.238. The summed E-state index contributed by atoms with van der Waals surface area (Å²) >= 11 is 6.06. The van der Waals surface area contributed by atoms with E-state index in [0.29, 0.717) is 31.2 Å². The van der Waals surface area contributed by atoms with Gasteiger partial charge in [-0.1, -0.05) is 41.9 Å². The molecular formula is C21H21ClN6O2. The highest BCUT2D eigenvalue weighted by atomic mass is 35.5. The number of anilines is 1. The number of aryl methyl sites for hydroxylation is 1. The van der Waals surface area contributed by atoms with Crippen LogP contribution in [0.5, 0.6) is 0 Å². The molecule has 0 saturated carbocycles. The smallest absolute Gasteiger partial charge is 0.320 e. The molecule has 1 aliphatic heterocycles. The Bertz CT molecular complexity index is 1140. The van der Waals surface area contributed by atoms with Crippen LogP contribution in [0.25, 0.3) is 0 Å². The summed E-state index contributed by atoms with van der Waals surface area (Å²) in [7, 11) is 0. The van der Waals surface area contributed by atoms with Gasteiger partial charge in [-0.3, -0.25) is 9.59 Å². The standard InChI is InChI=1S/C21H21ClN6O2/c1-15-5-2-3-6-16(15)14-23-28-21(30)19(24-25-28)20(29)27-11-9-26(10-12-27)18-8-4-7-17(22)13-18/h2-8,13-14,25H,9-12H2,1H3. The lowest BCUT2D eigenvalue weighted by molar-refractivity contribution is 0.0739. The van der Waals surface area contributed by atoms with E-state index in [1.807, 2.05) is 55.5 Å². The number of amides is 1. The summed E-state index contributed by atoms with van der Waals surface area (Å²) in [6.45, 7) is 4.23. The maximum Gasteiger partial charge on any atom is 0.320 e. The Hall–Kier alpha value is -3.39. The molecule has 9 heteroatoms. The largest absolute Gasteiger partial charge is 0.368 e. The molecule has 2 heterocycles. The Morgan fingerprint density at radius 3 is 2.63 bits per heavy atom. The van der Waals surface area contributed by atoms with Crippen molar-refractivity contribution in [1.29, 1.82) is 0 Å². The summed E-state index contributed by atoms with van der Waals surface area (Å²) < 4.78 is 0. The molecule has 0 unspecified atom stereocenters. The Kier molecular flexibility index (Phi) is 5.67. The van der Waals surface area contributed by atoms with Crippen molar-refractivity contribution in [1.82, 2.24) is 20.0 Å².